The van der Waals surface area contributed by atoms with E-state index in [4.69, 9.17) is 51.3 Å². The number of guanidine groups is 1. The number of benzene rings is 1. The van der Waals surface area contributed by atoms with E-state index in [1.165, 1.54) is 11.8 Å². The number of rotatable bonds is 57. The topological polar surface area (TPSA) is 724 Å². The van der Waals surface area contributed by atoms with Crippen LogP contribution in [0.15, 0.2) is 30.5 Å². The fourth-order valence-corrected chi connectivity index (χ4v) is 12.3. The average Bonchev–Trinajstić information content (AvgIpc) is 1.62. The van der Waals surface area contributed by atoms with Gasteiger partial charge in [-0.1, -0.05) is 24.6 Å². The minimum atomic E-state index is -1.85. The molecule has 0 spiro atoms. The number of aromatic nitrogens is 1. The number of hydrogen-bond acceptors (Lipinski definition) is 24. The third-order valence-electron chi connectivity index (χ3n) is 18.9. The monoisotopic (exact) mass is 1610 g/mol. The van der Waals surface area contributed by atoms with Crippen LogP contribution in [-0.2, 0) is 78.3 Å². The number of amides is 14. The molecule has 0 radical (unpaired) electrons. The Morgan fingerprint density at radius 3 is 1.52 bits per heavy atom. The van der Waals surface area contributed by atoms with E-state index in [1.54, 1.807) is 18.3 Å². The van der Waals surface area contributed by atoms with Crippen molar-refractivity contribution < 1.29 is 87.2 Å². The number of para-hydroxylation sites is 1. The summed E-state index contributed by atoms with van der Waals surface area (Å²) in [4.78, 5) is 209. The fourth-order valence-electron chi connectivity index (χ4n) is 12.3. The second kappa shape index (κ2) is 53.7. The number of nitrogens with zero attached hydrogens (tertiary/aromatic N) is 1. The van der Waals surface area contributed by atoms with Crippen LogP contribution in [0.1, 0.15) is 161 Å². The van der Waals surface area contributed by atoms with Crippen LogP contribution in [0.2, 0.25) is 0 Å². The van der Waals surface area contributed by atoms with Gasteiger partial charge in [-0.15, -0.1) is 0 Å². The highest BCUT2D eigenvalue weighted by molar-refractivity contribution is 6.00. The van der Waals surface area contributed by atoms with Gasteiger partial charge in [-0.3, -0.25) is 72.5 Å². The van der Waals surface area contributed by atoms with Crippen molar-refractivity contribution in [3.63, 3.8) is 0 Å². The molecule has 1 saturated heterocycles. The number of fused-ring (bicyclic) bond motifs is 1. The molecule has 114 heavy (non-hydrogen) atoms. The quantitative estimate of drug-likeness (QED) is 0.0166. The lowest BCUT2D eigenvalue weighted by Crippen LogP contribution is -2.62. The number of likely N-dealkylation sites (tertiary alicyclic amines) is 1. The molecule has 1 aromatic heterocycles. The number of aliphatic hydroxyl groups is 2. The number of carbonyl (C=O) groups is 15. The maximum absolute atomic E-state index is 14.7. The lowest BCUT2D eigenvalue weighted by atomic mass is 9.99. The highest BCUT2D eigenvalue weighted by Crippen LogP contribution is 2.22. The first kappa shape index (κ1) is 98.0. The molecule has 1 aliphatic rings. The number of nitrogens with one attached hydrogen (secondary N) is 15. The molecule has 0 aliphatic carbocycles. The molecule has 3 rings (SSSR count). The molecule has 0 saturated carbocycles. The number of H-pyrrole nitrogens is 1. The normalized spacial score (nSPS) is 15.8. The number of carboxylic acids is 1. The third kappa shape index (κ3) is 35.8. The number of primary amides is 1. The van der Waals surface area contributed by atoms with Crippen LogP contribution in [0.5, 0.6) is 0 Å². The zero-order valence-electron chi connectivity index (χ0n) is 65.3. The van der Waals surface area contributed by atoms with Gasteiger partial charge in [0, 0.05) is 43.0 Å². The molecule has 13 atom stereocenters. The van der Waals surface area contributed by atoms with Gasteiger partial charge in [0.1, 0.15) is 66.5 Å². The van der Waals surface area contributed by atoms with E-state index in [9.17, 15) is 87.2 Å². The maximum atomic E-state index is 14.7. The number of aromatic amines is 1. The number of aliphatic hydroxyl groups excluding tert-OH is 2. The Kier molecular flexibility index (Phi) is 46.1. The molecule has 1 aromatic carbocycles. The molecule has 640 valence electrons. The number of carboxylic acid groups (broad SMARTS) is 1. The zero-order valence-corrected chi connectivity index (χ0v) is 65.3. The van der Waals surface area contributed by atoms with Gasteiger partial charge >= 0.3 is 5.97 Å². The molecule has 34 N–H and O–H groups in total. The van der Waals surface area contributed by atoms with Crippen LogP contribution in [0.3, 0.4) is 0 Å². The van der Waals surface area contributed by atoms with Crippen molar-refractivity contribution in [3.8, 4) is 0 Å². The number of aliphatic carboxylic acids is 1. The van der Waals surface area contributed by atoms with Gasteiger partial charge in [0.05, 0.1) is 31.8 Å². The van der Waals surface area contributed by atoms with Crippen molar-refractivity contribution in [1.82, 2.24) is 79.0 Å². The lowest BCUT2D eigenvalue weighted by Gasteiger charge is -2.36. The molecule has 42 nitrogen and oxygen atoms in total. The SMILES string of the molecule is C[C@H](NC(=O)[C@H](CO)NC(=O)[C@@H](NC(=O)[C@H](CCCCN)NC(=O)[C@H](CCC(N)=O)NC(=O)[C@@H](N)CCCCN)[C@@H](C)O)C(=O)NCC(=O)N[C@@H](CCCNC(=N)N)C(=O)NCC(=O)N1CCCC[C@H]1C(=O)N[C@@H](CCCCN)C(=O)N[C@@H](Cc1c[nH]c2ccccc12)C(=O)N[C@@H](CCCCN)C(=O)N[C@@H](CCCCN)C(=O)O. The van der Waals surface area contributed by atoms with Crippen molar-refractivity contribution in [2.75, 3.05) is 65.5 Å². The smallest absolute Gasteiger partial charge is 0.326 e. The van der Waals surface area contributed by atoms with Crippen molar-refractivity contribution in [3.05, 3.63) is 36.0 Å². The zero-order chi connectivity index (χ0) is 84.8. The molecule has 0 bridgehead atoms. The maximum Gasteiger partial charge on any atom is 0.326 e. The molecule has 14 amide bonds. The van der Waals surface area contributed by atoms with Crippen molar-refractivity contribution in [1.29, 1.82) is 5.41 Å². The van der Waals surface area contributed by atoms with Crippen LogP contribution in [0.4, 0.5) is 0 Å². The second-order valence-electron chi connectivity index (χ2n) is 28.1. The Hall–Kier alpha value is -10.2. The van der Waals surface area contributed by atoms with Gasteiger partial charge in [0.15, 0.2) is 5.96 Å². The van der Waals surface area contributed by atoms with E-state index in [-0.39, 0.29) is 110 Å². The first-order valence-corrected chi connectivity index (χ1v) is 38.9. The summed E-state index contributed by atoms with van der Waals surface area (Å²) in [5, 5.41) is 71.8. The average molecular weight is 1610 g/mol. The minimum absolute atomic E-state index is 0.0215. The number of piperidine rings is 1. The Labute approximate surface area is 662 Å². The van der Waals surface area contributed by atoms with Gasteiger partial charge in [-0.2, -0.15) is 0 Å². The summed E-state index contributed by atoms with van der Waals surface area (Å²) >= 11 is 0. The number of unbranched alkanes of at least 4 members (excludes halogenated alkanes) is 5. The Morgan fingerprint density at radius 2 is 0.974 bits per heavy atom. The molecule has 42 heteroatoms. The summed E-state index contributed by atoms with van der Waals surface area (Å²) in [6.45, 7) is 1.14. The molecular weight excluding hydrogens is 1490 g/mol. The van der Waals surface area contributed by atoms with Gasteiger partial charge in [0.2, 0.25) is 82.7 Å². The van der Waals surface area contributed by atoms with E-state index in [0.717, 1.165) is 17.8 Å². The predicted octanol–water partition coefficient (Wildman–Crippen LogP) is -7.85. The lowest BCUT2D eigenvalue weighted by molar-refractivity contribution is -0.143. The summed E-state index contributed by atoms with van der Waals surface area (Å²) in [5.74, 6) is -14.2. The Balaban J connectivity index is 1.76. The van der Waals surface area contributed by atoms with Crippen LogP contribution in [0.25, 0.3) is 10.9 Å². The molecular formula is C72H124N24O18. The van der Waals surface area contributed by atoms with Crippen LogP contribution in [-0.4, -0.2) is 264 Å². The van der Waals surface area contributed by atoms with Gasteiger partial charge < -0.3 is 140 Å². The standard InChI is InChI=1S/C72H124N24O18/c1-41(86-68(110)54(40-97)94-70(112)59(42(2)98)95-66(108)50(23-8-14-32-76)89-65(107)51(27-28-56(79)99)88-61(103)45(78)19-5-11-29-73)60(102)84-38-57(100)87-47(25-17-34-82-72(80)81)62(104)85-39-58(101)96-35-16-10-26-55(96)69(111)91-49(22-7-13-31-75)64(106)93-53(36-43-37-83-46-20-4-3-18-44(43)46)67(109)90-48(21-6-12-30-74)63(105)92-52(71(113)114)24-9-15-33-77/h3-4,18,20,37,41-42,45,47-55,59,83,97-98H,5-17,19,21-36,38-40,73-78H2,1-2H3,(H2,79,99)(H,84,102)(H,85,104)(H,86,110)(H,87,100)(H,88,103)(H,89,107)(H,90,109)(H,91,111)(H,92,105)(H,93,106)(H,94,112)(H,95,108)(H,113,114)(H4,80,81,82)/t41-,42+,45-,47-,48-,49-,50-,51-,52-,53-,54-,55-,59-/m0/s1. The first-order valence-electron chi connectivity index (χ1n) is 38.9. The summed E-state index contributed by atoms with van der Waals surface area (Å²) in [6.07, 6.45) is 4.78. The second-order valence-corrected chi connectivity index (χ2v) is 28.1. The molecule has 1 aliphatic heterocycles. The highest BCUT2D eigenvalue weighted by atomic mass is 16.4. The number of nitrogens with two attached hydrogens (primary N) is 8. The minimum Gasteiger partial charge on any atom is -0.480 e. The summed E-state index contributed by atoms with van der Waals surface area (Å²) in [6, 6.07) is -9.68. The molecule has 2 heterocycles. The van der Waals surface area contributed by atoms with E-state index in [1.807, 2.05) is 12.1 Å². The largest absolute Gasteiger partial charge is 0.480 e. The van der Waals surface area contributed by atoms with Crippen molar-refractivity contribution >= 4 is 106 Å². The van der Waals surface area contributed by atoms with Gasteiger partial charge in [-0.05, 0) is 187 Å². The predicted molar refractivity (Wildman–Crippen MR) is 419 cm³/mol. The highest BCUT2D eigenvalue weighted by Gasteiger charge is 2.39. The van der Waals surface area contributed by atoms with Crippen LogP contribution in [0, 0.1) is 5.41 Å². The number of hydrogen-bond donors (Lipinski definition) is 26. The number of carbonyl (C=O) groups excluding carboxylic acids is 14. The van der Waals surface area contributed by atoms with Crippen molar-refractivity contribution in [2.24, 2.45) is 45.9 Å². The molecule has 0 unspecified atom stereocenters. The summed E-state index contributed by atoms with van der Waals surface area (Å²) in [7, 11) is 0. The fraction of sp³-hybridized carbons (Fsp3) is 0.667. The Bertz CT molecular complexity index is 3480. The van der Waals surface area contributed by atoms with Gasteiger partial charge in [0.25, 0.3) is 0 Å². The van der Waals surface area contributed by atoms with Gasteiger partial charge in [-0.25, -0.2) is 4.79 Å². The van der Waals surface area contributed by atoms with E-state index < -0.39 is 193 Å². The molecule has 1 fully saturated rings. The van der Waals surface area contributed by atoms with Crippen LogP contribution < -0.4 is 115 Å². The van der Waals surface area contributed by atoms with Crippen LogP contribution >= 0.6 is 0 Å². The van der Waals surface area contributed by atoms with E-state index >= 15 is 0 Å². The van der Waals surface area contributed by atoms with E-state index in [2.05, 4.69) is 74.1 Å². The summed E-state index contributed by atoms with van der Waals surface area (Å²) in [5.41, 5.74) is 46.6. The first-order chi connectivity index (χ1) is 54.3. The summed E-state index contributed by atoms with van der Waals surface area (Å²) < 4.78 is 0. The Morgan fingerprint density at radius 1 is 0.509 bits per heavy atom. The molecule has 2 aromatic rings. The van der Waals surface area contributed by atoms with Crippen molar-refractivity contribution in [2.45, 2.75) is 240 Å². The third-order valence-corrected chi connectivity index (χ3v) is 18.9. The van der Waals surface area contributed by atoms with E-state index in [0.29, 0.717) is 89.3 Å².